The van der Waals surface area contributed by atoms with E-state index in [0.29, 0.717) is 0 Å². The largest absolute Gasteiger partial charge is 0.456 e. The van der Waals surface area contributed by atoms with Crippen molar-refractivity contribution < 1.29 is 8.83 Å². The second-order valence-electron chi connectivity index (χ2n) is 17.7. The number of rotatable bonds is 12. The van der Waals surface area contributed by atoms with Gasteiger partial charge in [-0.05, 0) is 146 Å². The van der Waals surface area contributed by atoms with Gasteiger partial charge in [0.25, 0.3) is 0 Å². The maximum Gasteiger partial charge on any atom is 0.159 e. The predicted octanol–water partition coefficient (Wildman–Crippen LogP) is 19.4. The van der Waals surface area contributed by atoms with Gasteiger partial charge in [-0.25, -0.2) is 0 Å². The molecule has 0 saturated heterocycles. The van der Waals surface area contributed by atoms with Crippen LogP contribution in [0, 0.1) is 0 Å². The van der Waals surface area contributed by atoms with Crippen LogP contribution in [-0.4, -0.2) is 0 Å². The molecule has 0 atom stereocenters. The number of para-hydroxylation sites is 8. The molecule has 6 nitrogen and oxygen atoms in total. The van der Waals surface area contributed by atoms with Crippen molar-refractivity contribution in [2.24, 2.45) is 0 Å². The highest BCUT2D eigenvalue weighted by atomic mass is 16.3. The molecule has 11 aromatic carbocycles. The molecule has 0 aliphatic rings. The summed E-state index contributed by atoms with van der Waals surface area (Å²) in [5, 5.41) is 4.10. The monoisotopic (exact) mass is 926 g/mol. The van der Waals surface area contributed by atoms with Crippen molar-refractivity contribution in [2.75, 3.05) is 19.6 Å². The van der Waals surface area contributed by atoms with Crippen molar-refractivity contribution >= 4 is 112 Å². The van der Waals surface area contributed by atoms with E-state index in [9.17, 15) is 0 Å². The van der Waals surface area contributed by atoms with E-state index in [1.165, 1.54) is 0 Å². The first-order valence-electron chi connectivity index (χ1n) is 24.2. The summed E-state index contributed by atoms with van der Waals surface area (Å²) in [5.41, 5.74) is 15.5. The maximum absolute atomic E-state index is 7.29. The lowest BCUT2D eigenvalue weighted by atomic mass is 10.1. The van der Waals surface area contributed by atoms with Crippen molar-refractivity contribution in [3.8, 4) is 0 Å². The summed E-state index contributed by atoms with van der Waals surface area (Å²) in [5.74, 6) is 0. The molecule has 2 aromatic heterocycles. The molecule has 0 aliphatic heterocycles. The Morgan fingerprint density at radius 1 is 0.194 bits per heavy atom. The fraction of sp³-hybridized carbons (Fsp3) is 0. The van der Waals surface area contributed by atoms with Crippen molar-refractivity contribution in [3.05, 3.63) is 279 Å². The second kappa shape index (κ2) is 18.3. The number of nitrogens with zero attached hydrogens (tertiary/aromatic N) is 4. The number of anilines is 12. The summed E-state index contributed by atoms with van der Waals surface area (Å²) in [4.78, 5) is 9.16. The van der Waals surface area contributed by atoms with Crippen LogP contribution in [-0.2, 0) is 0 Å². The molecule has 6 heteroatoms. The smallest absolute Gasteiger partial charge is 0.159 e. The second-order valence-corrected chi connectivity index (χ2v) is 17.7. The molecule has 0 unspecified atom stereocenters. The molecule has 0 amide bonds. The first-order valence-corrected chi connectivity index (χ1v) is 24.2. The van der Waals surface area contributed by atoms with E-state index >= 15 is 0 Å². The van der Waals surface area contributed by atoms with Crippen LogP contribution in [0.25, 0.3) is 43.9 Å². The number of hydrogen-bond donors (Lipinski definition) is 0. The van der Waals surface area contributed by atoms with Gasteiger partial charge in [-0.1, -0.05) is 133 Å². The summed E-state index contributed by atoms with van der Waals surface area (Å²) in [6.45, 7) is 0. The zero-order valence-corrected chi connectivity index (χ0v) is 39.2. The Labute approximate surface area is 417 Å². The molecular formula is C66H46N4O2. The van der Waals surface area contributed by atoms with Crippen LogP contribution < -0.4 is 19.6 Å². The van der Waals surface area contributed by atoms with Gasteiger partial charge in [-0.3, -0.25) is 0 Å². The summed E-state index contributed by atoms with van der Waals surface area (Å²) in [7, 11) is 0. The minimum absolute atomic E-state index is 0.786. The van der Waals surface area contributed by atoms with Crippen LogP contribution in [0.1, 0.15) is 0 Å². The highest BCUT2D eigenvalue weighted by Gasteiger charge is 2.25. The topological polar surface area (TPSA) is 39.2 Å². The average molecular weight is 927 g/mol. The van der Waals surface area contributed by atoms with Gasteiger partial charge in [0.1, 0.15) is 11.2 Å². The molecular weight excluding hydrogens is 881 g/mol. The molecule has 72 heavy (non-hydrogen) atoms. The van der Waals surface area contributed by atoms with Crippen LogP contribution >= 0.6 is 0 Å². The van der Waals surface area contributed by atoms with Crippen molar-refractivity contribution in [2.45, 2.75) is 0 Å². The van der Waals surface area contributed by atoms with Gasteiger partial charge in [-0.2, -0.15) is 0 Å². The summed E-state index contributed by atoms with van der Waals surface area (Å²) in [6, 6.07) is 97.7. The van der Waals surface area contributed by atoms with Gasteiger partial charge < -0.3 is 28.4 Å². The molecule has 0 bridgehead atoms. The standard InChI is InChI=1S/C66H46N4O2/c1-7-21-47(22-8-1)67(48-23-9-2-10-24-48)53-37-39-54(40-38-53)69(51-29-15-5-16-30-51)61-35-19-33-57-58-34-20-36-62(66(58)72-65(57)61)70(52-31-17-6-18-32-52)56-42-44-64-60(46-56)59-45-55(41-43-63(59)71-64)68(49-25-11-3-12-26-49)50-27-13-4-14-28-50/h1-46H. The molecule has 0 aliphatic carbocycles. The van der Waals surface area contributed by atoms with Crippen LogP contribution in [0.15, 0.2) is 288 Å². The predicted molar refractivity (Wildman–Crippen MR) is 300 cm³/mol. The van der Waals surface area contributed by atoms with Crippen molar-refractivity contribution in [1.29, 1.82) is 0 Å². The third kappa shape index (κ3) is 7.64. The van der Waals surface area contributed by atoms with Crippen LogP contribution in [0.4, 0.5) is 68.2 Å². The third-order valence-electron chi connectivity index (χ3n) is 13.4. The molecule has 0 fully saturated rings. The first kappa shape index (κ1) is 42.3. The fourth-order valence-corrected chi connectivity index (χ4v) is 10.1. The van der Waals surface area contributed by atoms with E-state index in [0.717, 1.165) is 112 Å². The Morgan fingerprint density at radius 3 is 0.847 bits per heavy atom. The van der Waals surface area contributed by atoms with Crippen LogP contribution in [0.3, 0.4) is 0 Å². The van der Waals surface area contributed by atoms with Gasteiger partial charge >= 0.3 is 0 Å². The molecule has 0 spiro atoms. The van der Waals surface area contributed by atoms with Gasteiger partial charge in [0.05, 0.1) is 11.4 Å². The highest BCUT2D eigenvalue weighted by Crippen LogP contribution is 2.48. The number of fused-ring (bicyclic) bond motifs is 6. The Bertz CT molecular complexity index is 3900. The summed E-state index contributed by atoms with van der Waals surface area (Å²) in [6.07, 6.45) is 0. The quantitative estimate of drug-likeness (QED) is 0.122. The van der Waals surface area contributed by atoms with E-state index < -0.39 is 0 Å². The molecule has 0 radical (unpaired) electrons. The van der Waals surface area contributed by atoms with Gasteiger partial charge in [0, 0.05) is 78.4 Å². The van der Waals surface area contributed by atoms with Crippen molar-refractivity contribution in [1.82, 2.24) is 0 Å². The minimum atomic E-state index is 0.786. The lowest BCUT2D eigenvalue weighted by molar-refractivity contribution is 0.669. The molecule has 2 heterocycles. The Morgan fingerprint density at radius 2 is 0.472 bits per heavy atom. The number of furan rings is 2. The molecule has 0 saturated carbocycles. The Kier molecular flexibility index (Phi) is 10.7. The molecule has 342 valence electrons. The van der Waals surface area contributed by atoms with Crippen molar-refractivity contribution in [3.63, 3.8) is 0 Å². The van der Waals surface area contributed by atoms with Gasteiger partial charge in [0.15, 0.2) is 11.2 Å². The first-order chi connectivity index (χ1) is 35.7. The SMILES string of the molecule is c1ccc(N(c2ccccc2)c2ccc(N(c3ccccc3)c3cccc4c3oc3c(N(c5ccccc5)c5ccc6oc7ccc(N(c8ccccc8)c8ccccc8)cc7c6c5)cccc34)cc2)cc1. The van der Waals surface area contributed by atoms with Gasteiger partial charge in [-0.15, -0.1) is 0 Å². The van der Waals surface area contributed by atoms with Crippen LogP contribution in [0.2, 0.25) is 0 Å². The summed E-state index contributed by atoms with van der Waals surface area (Å²) < 4.78 is 13.9. The fourth-order valence-electron chi connectivity index (χ4n) is 10.1. The van der Waals surface area contributed by atoms with E-state index in [-0.39, 0.29) is 0 Å². The molecule has 0 N–H and O–H groups in total. The lowest BCUT2D eigenvalue weighted by Crippen LogP contribution is -2.12. The zero-order chi connectivity index (χ0) is 47.8. The van der Waals surface area contributed by atoms with Crippen LogP contribution in [0.5, 0.6) is 0 Å². The molecule has 13 rings (SSSR count). The average Bonchev–Trinajstić information content (AvgIpc) is 4.02. The van der Waals surface area contributed by atoms with E-state index in [2.05, 4.69) is 299 Å². The minimum Gasteiger partial charge on any atom is -0.456 e. The number of benzene rings is 11. The maximum atomic E-state index is 7.29. The van der Waals surface area contributed by atoms with Gasteiger partial charge in [0.2, 0.25) is 0 Å². The summed E-state index contributed by atoms with van der Waals surface area (Å²) >= 11 is 0. The third-order valence-corrected chi connectivity index (χ3v) is 13.4. The normalized spacial score (nSPS) is 11.3. The number of hydrogen-bond acceptors (Lipinski definition) is 6. The molecule has 13 aromatic rings. The van der Waals surface area contributed by atoms with E-state index in [1.807, 2.05) is 0 Å². The Balaban J connectivity index is 0.944. The van der Waals surface area contributed by atoms with E-state index in [1.54, 1.807) is 0 Å². The lowest BCUT2D eigenvalue weighted by Gasteiger charge is -2.28. The Hall–Kier alpha value is -9.78. The highest BCUT2D eigenvalue weighted by molar-refractivity contribution is 6.15. The van der Waals surface area contributed by atoms with E-state index in [4.69, 9.17) is 8.83 Å². The zero-order valence-electron chi connectivity index (χ0n) is 39.2.